The third kappa shape index (κ3) is 3.28. The van der Waals surface area contributed by atoms with Gasteiger partial charge in [-0.15, -0.1) is 0 Å². The summed E-state index contributed by atoms with van der Waals surface area (Å²) in [5.74, 6) is -0.355. The highest BCUT2D eigenvalue weighted by atomic mass is 19.1. The highest BCUT2D eigenvalue weighted by Gasteiger charge is 2.45. The molecule has 0 unspecified atom stereocenters. The molecule has 20 heavy (non-hydrogen) atoms. The van der Waals surface area contributed by atoms with E-state index in [-0.39, 0.29) is 12.4 Å². The molecule has 1 fully saturated rings. The lowest BCUT2D eigenvalue weighted by atomic mass is 9.96. The number of ether oxygens (including phenoxy) is 1. The van der Waals surface area contributed by atoms with E-state index in [0.717, 1.165) is 12.8 Å². The van der Waals surface area contributed by atoms with Gasteiger partial charge in [0.1, 0.15) is 11.4 Å². The zero-order valence-electron chi connectivity index (χ0n) is 12.0. The summed E-state index contributed by atoms with van der Waals surface area (Å²) >= 11 is 0. The summed E-state index contributed by atoms with van der Waals surface area (Å²) < 4.78 is 19.0. The number of hydrogen-bond acceptors (Lipinski definition) is 3. The lowest BCUT2D eigenvalue weighted by Gasteiger charge is -2.20. The minimum absolute atomic E-state index is 0.0835. The van der Waals surface area contributed by atoms with Gasteiger partial charge in [0.25, 0.3) is 0 Å². The molecule has 2 rings (SSSR count). The van der Waals surface area contributed by atoms with E-state index in [4.69, 9.17) is 4.74 Å². The molecule has 0 atom stereocenters. The molecule has 0 radical (unpaired) electrons. The van der Waals surface area contributed by atoms with E-state index in [1.54, 1.807) is 26.8 Å². The Bertz CT molecular complexity index is 518. The van der Waals surface area contributed by atoms with E-state index < -0.39 is 17.1 Å². The molecular weight excluding hydrogens is 261 g/mol. The van der Waals surface area contributed by atoms with Crippen LogP contribution in [-0.2, 0) is 10.2 Å². The molecule has 1 aromatic rings. The fourth-order valence-corrected chi connectivity index (χ4v) is 2.09. The summed E-state index contributed by atoms with van der Waals surface area (Å²) in [6, 6.07) is 4.36. The SMILES string of the molecule is CC(C)(C)OC(=O)Nc1ccc(F)c(C2(CO)CC2)c1. The molecule has 0 aromatic heterocycles. The average molecular weight is 281 g/mol. The van der Waals surface area contributed by atoms with Crippen LogP contribution in [0.5, 0.6) is 0 Å². The van der Waals surface area contributed by atoms with Crippen LogP contribution in [0.25, 0.3) is 0 Å². The van der Waals surface area contributed by atoms with Crippen LogP contribution >= 0.6 is 0 Å². The number of halogens is 1. The maximum atomic E-state index is 13.8. The van der Waals surface area contributed by atoms with Crippen molar-refractivity contribution >= 4 is 11.8 Å². The van der Waals surface area contributed by atoms with E-state index in [1.165, 1.54) is 12.1 Å². The van der Waals surface area contributed by atoms with E-state index in [1.807, 2.05) is 0 Å². The monoisotopic (exact) mass is 281 g/mol. The number of carbonyl (C=O) groups is 1. The second-order valence-corrected chi connectivity index (χ2v) is 6.26. The van der Waals surface area contributed by atoms with Crippen molar-refractivity contribution in [2.45, 2.75) is 44.6 Å². The summed E-state index contributed by atoms with van der Waals surface area (Å²) in [5.41, 5.74) is -0.144. The van der Waals surface area contributed by atoms with Crippen LogP contribution in [0.3, 0.4) is 0 Å². The molecule has 1 aromatic carbocycles. The van der Waals surface area contributed by atoms with Crippen molar-refractivity contribution in [3.63, 3.8) is 0 Å². The molecule has 4 nitrogen and oxygen atoms in total. The Morgan fingerprint density at radius 3 is 2.60 bits per heavy atom. The number of anilines is 1. The first-order chi connectivity index (χ1) is 9.26. The zero-order valence-corrected chi connectivity index (χ0v) is 12.0. The summed E-state index contributed by atoms with van der Waals surface area (Å²) in [7, 11) is 0. The van der Waals surface area contributed by atoms with Gasteiger partial charge in [-0.1, -0.05) is 0 Å². The number of benzene rings is 1. The van der Waals surface area contributed by atoms with Crippen LogP contribution in [0.4, 0.5) is 14.9 Å². The van der Waals surface area contributed by atoms with Crippen molar-refractivity contribution in [3.05, 3.63) is 29.6 Å². The first-order valence-electron chi connectivity index (χ1n) is 6.67. The summed E-state index contributed by atoms with van der Waals surface area (Å²) in [5, 5.41) is 12.0. The van der Waals surface area contributed by atoms with Crippen molar-refractivity contribution in [1.29, 1.82) is 0 Å². The van der Waals surface area contributed by atoms with Gasteiger partial charge < -0.3 is 9.84 Å². The number of nitrogens with one attached hydrogen (secondary N) is 1. The molecule has 1 aliphatic carbocycles. The van der Waals surface area contributed by atoms with Gasteiger partial charge in [-0.05, 0) is 57.4 Å². The van der Waals surface area contributed by atoms with Crippen LogP contribution in [0.2, 0.25) is 0 Å². The van der Waals surface area contributed by atoms with Crippen LogP contribution < -0.4 is 5.32 Å². The molecule has 5 heteroatoms. The van der Waals surface area contributed by atoms with Gasteiger partial charge in [-0.25, -0.2) is 9.18 Å². The van der Waals surface area contributed by atoms with Crippen LogP contribution in [-0.4, -0.2) is 23.4 Å². The van der Waals surface area contributed by atoms with Gasteiger partial charge in [-0.2, -0.15) is 0 Å². The first kappa shape index (κ1) is 14.8. The van der Waals surface area contributed by atoms with Crippen molar-refractivity contribution in [2.75, 3.05) is 11.9 Å². The Balaban J connectivity index is 2.14. The van der Waals surface area contributed by atoms with Crippen LogP contribution in [0, 0.1) is 5.82 Å². The van der Waals surface area contributed by atoms with Crippen LogP contribution in [0.1, 0.15) is 39.2 Å². The standard InChI is InChI=1S/C15H20FNO3/c1-14(2,3)20-13(19)17-10-4-5-12(16)11(8-10)15(9-18)6-7-15/h4-5,8,18H,6-7,9H2,1-3H3,(H,17,19). The molecule has 0 heterocycles. The Kier molecular flexibility index (Phi) is 3.73. The van der Waals surface area contributed by atoms with Crippen molar-refractivity contribution in [3.8, 4) is 0 Å². The molecule has 110 valence electrons. The maximum absolute atomic E-state index is 13.8. The van der Waals surface area contributed by atoms with Gasteiger partial charge in [-0.3, -0.25) is 5.32 Å². The van der Waals surface area contributed by atoms with Gasteiger partial charge in [0.15, 0.2) is 0 Å². The highest BCUT2D eigenvalue weighted by Crippen LogP contribution is 2.49. The minimum atomic E-state index is -0.588. The molecule has 1 aliphatic rings. The predicted molar refractivity (Wildman–Crippen MR) is 74.3 cm³/mol. The van der Waals surface area contributed by atoms with E-state index in [0.29, 0.717) is 11.3 Å². The smallest absolute Gasteiger partial charge is 0.412 e. The quantitative estimate of drug-likeness (QED) is 0.894. The molecule has 1 amide bonds. The first-order valence-corrected chi connectivity index (χ1v) is 6.67. The molecule has 0 aliphatic heterocycles. The number of rotatable bonds is 3. The van der Waals surface area contributed by atoms with Gasteiger partial charge in [0.05, 0.1) is 6.61 Å². The largest absolute Gasteiger partial charge is 0.444 e. The topological polar surface area (TPSA) is 58.6 Å². The molecule has 1 saturated carbocycles. The fourth-order valence-electron chi connectivity index (χ4n) is 2.09. The molecule has 2 N–H and O–H groups in total. The predicted octanol–water partition coefficient (Wildman–Crippen LogP) is 3.20. The van der Waals surface area contributed by atoms with E-state index >= 15 is 0 Å². The Morgan fingerprint density at radius 1 is 1.45 bits per heavy atom. The van der Waals surface area contributed by atoms with Crippen molar-refractivity contribution < 1.29 is 19.0 Å². The van der Waals surface area contributed by atoms with Crippen molar-refractivity contribution in [2.24, 2.45) is 0 Å². The average Bonchev–Trinajstić information content (AvgIpc) is 3.10. The second kappa shape index (κ2) is 5.05. The Morgan fingerprint density at radius 2 is 2.10 bits per heavy atom. The highest BCUT2D eigenvalue weighted by molar-refractivity contribution is 5.85. The van der Waals surface area contributed by atoms with Gasteiger partial charge >= 0.3 is 6.09 Å². The second-order valence-electron chi connectivity index (χ2n) is 6.26. The number of aliphatic hydroxyl groups excluding tert-OH is 1. The molecule has 0 saturated heterocycles. The summed E-state index contributed by atoms with van der Waals surface area (Å²) in [4.78, 5) is 11.7. The van der Waals surface area contributed by atoms with Crippen LogP contribution in [0.15, 0.2) is 18.2 Å². The number of amides is 1. The summed E-state index contributed by atoms with van der Waals surface area (Å²) in [6.07, 6.45) is 0.941. The zero-order chi connectivity index (χ0) is 15.0. The normalized spacial score (nSPS) is 16.6. The van der Waals surface area contributed by atoms with Crippen molar-refractivity contribution in [1.82, 2.24) is 0 Å². The molecular formula is C15H20FNO3. The third-order valence-electron chi connectivity index (χ3n) is 3.34. The number of hydrogen-bond donors (Lipinski definition) is 2. The van der Waals surface area contributed by atoms with Gasteiger partial charge in [0, 0.05) is 11.1 Å². The maximum Gasteiger partial charge on any atom is 0.412 e. The van der Waals surface area contributed by atoms with E-state index in [2.05, 4.69) is 5.32 Å². The van der Waals surface area contributed by atoms with E-state index in [9.17, 15) is 14.3 Å². The Labute approximate surface area is 117 Å². The number of aliphatic hydroxyl groups is 1. The minimum Gasteiger partial charge on any atom is -0.444 e. The summed E-state index contributed by atoms with van der Waals surface area (Å²) in [6.45, 7) is 5.23. The Hall–Kier alpha value is -1.62. The lowest BCUT2D eigenvalue weighted by molar-refractivity contribution is 0.0636. The molecule has 0 bridgehead atoms. The van der Waals surface area contributed by atoms with Gasteiger partial charge in [0.2, 0.25) is 0 Å². The fraction of sp³-hybridized carbons (Fsp3) is 0.533. The molecule has 0 spiro atoms. The lowest BCUT2D eigenvalue weighted by Crippen LogP contribution is -2.27. The third-order valence-corrected chi connectivity index (χ3v) is 3.34. The number of carbonyl (C=O) groups excluding carboxylic acids is 1.